The Kier molecular flexibility index (Phi) is 3.59. The van der Waals surface area contributed by atoms with Crippen LogP contribution in [0.5, 0.6) is 0 Å². The van der Waals surface area contributed by atoms with Crippen LogP contribution in [0, 0.1) is 6.92 Å². The molecule has 0 fully saturated rings. The Hall–Kier alpha value is -1.31. The van der Waals surface area contributed by atoms with Gasteiger partial charge < -0.3 is 0 Å². The lowest BCUT2D eigenvalue weighted by Gasteiger charge is -2.39. The molecule has 1 aliphatic rings. The number of benzene rings is 2. The Labute approximate surface area is 132 Å². The largest absolute Gasteiger partial charge is 0.283 e. The molecule has 2 atom stereocenters. The summed E-state index contributed by atoms with van der Waals surface area (Å²) in [6, 6.07) is 15.5. The minimum Gasteiger partial charge on any atom is -0.283 e. The number of hydrogen-bond acceptors (Lipinski definition) is 1. The molecule has 1 heterocycles. The van der Waals surface area contributed by atoms with E-state index in [1.165, 1.54) is 22.3 Å². The van der Waals surface area contributed by atoms with E-state index >= 15 is 0 Å². The van der Waals surface area contributed by atoms with Crippen LogP contribution in [-0.4, -0.2) is 11.4 Å². The second-order valence-corrected chi connectivity index (χ2v) is 6.52. The summed E-state index contributed by atoms with van der Waals surface area (Å²) < 4.78 is 0. The molecule has 0 amide bonds. The predicted octanol–water partition coefficient (Wildman–Crippen LogP) is 5.31. The molecule has 21 heavy (non-hydrogen) atoms. The van der Waals surface area contributed by atoms with E-state index < -0.39 is 0 Å². The first-order valence-corrected chi connectivity index (χ1v) is 8.00. The number of fused-ring (bicyclic) bond motifs is 1. The van der Waals surface area contributed by atoms with E-state index in [9.17, 15) is 0 Å². The molecule has 0 bridgehead atoms. The van der Waals surface area contributed by atoms with Gasteiger partial charge in [0.05, 0.1) is 5.54 Å². The zero-order valence-corrected chi connectivity index (χ0v) is 13.9. The minimum atomic E-state index is -0.111. The monoisotopic (exact) mass is 299 g/mol. The van der Waals surface area contributed by atoms with Gasteiger partial charge in [-0.2, -0.15) is 0 Å². The summed E-state index contributed by atoms with van der Waals surface area (Å²) in [7, 11) is 0. The van der Waals surface area contributed by atoms with Crippen molar-refractivity contribution < 1.29 is 0 Å². The first kappa shape index (κ1) is 14.6. The van der Waals surface area contributed by atoms with Crippen LogP contribution >= 0.6 is 11.6 Å². The molecule has 0 aliphatic carbocycles. The van der Waals surface area contributed by atoms with Crippen LogP contribution in [0.15, 0.2) is 42.5 Å². The minimum absolute atomic E-state index is 0.111. The third-order valence-electron chi connectivity index (χ3n) is 5.04. The van der Waals surface area contributed by atoms with Crippen molar-refractivity contribution in [2.24, 2.45) is 0 Å². The van der Waals surface area contributed by atoms with Gasteiger partial charge in [-0.05, 0) is 61.7 Å². The topological polar surface area (TPSA) is 3.24 Å². The second-order valence-electron chi connectivity index (χ2n) is 6.08. The van der Waals surface area contributed by atoms with Crippen LogP contribution in [0.1, 0.15) is 49.1 Å². The van der Waals surface area contributed by atoms with E-state index in [1.54, 1.807) is 0 Å². The Bertz CT molecular complexity index is 679. The smallest absolute Gasteiger partial charge is 0.0698 e. The highest BCUT2D eigenvalue weighted by atomic mass is 35.5. The normalized spacial score (nSPS) is 25.1. The third-order valence-corrected chi connectivity index (χ3v) is 5.28. The fraction of sp³-hybridized carbons (Fsp3) is 0.368. The van der Waals surface area contributed by atoms with Crippen molar-refractivity contribution >= 4 is 11.6 Å². The van der Waals surface area contributed by atoms with E-state index in [4.69, 9.17) is 11.6 Å². The summed E-state index contributed by atoms with van der Waals surface area (Å²) in [5, 5.41) is 0.810. The van der Waals surface area contributed by atoms with Crippen molar-refractivity contribution in [1.29, 1.82) is 0 Å². The van der Waals surface area contributed by atoms with Crippen LogP contribution in [0.25, 0.3) is 0 Å². The van der Waals surface area contributed by atoms with Gasteiger partial charge in [0.2, 0.25) is 0 Å². The average Bonchev–Trinajstić information content (AvgIpc) is 2.71. The Balaban J connectivity index is 2.29. The van der Waals surface area contributed by atoms with Crippen molar-refractivity contribution in [3.8, 4) is 0 Å². The van der Waals surface area contributed by atoms with Crippen molar-refractivity contribution in [2.75, 3.05) is 6.54 Å². The number of nitrogens with zero attached hydrogens (tertiary/aromatic N) is 1. The quantitative estimate of drug-likeness (QED) is 0.726. The molecule has 110 valence electrons. The fourth-order valence-corrected chi connectivity index (χ4v) is 4.20. The van der Waals surface area contributed by atoms with Crippen LogP contribution in [0.3, 0.4) is 0 Å². The lowest BCUT2D eigenvalue weighted by molar-refractivity contribution is 0.128. The van der Waals surface area contributed by atoms with Crippen molar-refractivity contribution in [3.63, 3.8) is 0 Å². The van der Waals surface area contributed by atoms with Crippen LogP contribution in [0.4, 0.5) is 0 Å². The first-order chi connectivity index (χ1) is 10.00. The molecule has 0 saturated carbocycles. The number of rotatable bonds is 2. The van der Waals surface area contributed by atoms with Crippen LogP contribution in [0.2, 0.25) is 5.02 Å². The molecule has 2 aromatic carbocycles. The van der Waals surface area contributed by atoms with Crippen molar-refractivity contribution in [2.45, 2.75) is 39.3 Å². The molecule has 3 rings (SSSR count). The standard InChI is InChI=1S/C19H22ClN/c1-5-21-14(3)16-8-6-7-9-17(16)19(21,4)18-12-15(20)11-10-13(18)2/h6-12,14H,5H2,1-4H3. The maximum absolute atomic E-state index is 6.29. The third kappa shape index (κ3) is 2.03. The van der Waals surface area contributed by atoms with E-state index in [1.807, 2.05) is 6.07 Å². The Morgan fingerprint density at radius 1 is 1.14 bits per heavy atom. The second kappa shape index (κ2) is 5.15. The summed E-state index contributed by atoms with van der Waals surface area (Å²) in [6.45, 7) is 10.1. The number of halogens is 1. The maximum Gasteiger partial charge on any atom is 0.0698 e. The number of hydrogen-bond donors (Lipinski definition) is 0. The van der Waals surface area contributed by atoms with Gasteiger partial charge in [0.1, 0.15) is 0 Å². The highest BCUT2D eigenvalue weighted by Gasteiger charge is 2.46. The molecule has 0 radical (unpaired) electrons. The Morgan fingerprint density at radius 3 is 2.57 bits per heavy atom. The lowest BCUT2D eigenvalue weighted by Crippen LogP contribution is -2.41. The summed E-state index contributed by atoms with van der Waals surface area (Å²) in [5.41, 5.74) is 5.34. The van der Waals surface area contributed by atoms with Gasteiger partial charge in [0, 0.05) is 11.1 Å². The molecule has 2 aromatic rings. The van der Waals surface area contributed by atoms with Crippen LogP contribution in [-0.2, 0) is 5.54 Å². The van der Waals surface area contributed by atoms with Crippen molar-refractivity contribution in [3.05, 3.63) is 69.7 Å². The van der Waals surface area contributed by atoms with Gasteiger partial charge in [0.25, 0.3) is 0 Å². The van der Waals surface area contributed by atoms with E-state index in [0.29, 0.717) is 6.04 Å². The zero-order chi connectivity index (χ0) is 15.2. The molecular formula is C19H22ClN. The molecule has 0 saturated heterocycles. The highest BCUT2D eigenvalue weighted by Crippen LogP contribution is 2.50. The van der Waals surface area contributed by atoms with Gasteiger partial charge in [-0.15, -0.1) is 0 Å². The van der Waals surface area contributed by atoms with E-state index in [-0.39, 0.29) is 5.54 Å². The number of aryl methyl sites for hydroxylation is 1. The molecular weight excluding hydrogens is 278 g/mol. The van der Waals surface area contributed by atoms with Crippen molar-refractivity contribution in [1.82, 2.24) is 4.90 Å². The summed E-state index contributed by atoms with van der Waals surface area (Å²) in [4.78, 5) is 2.57. The van der Waals surface area contributed by atoms with Crippen LogP contribution < -0.4 is 0 Å². The van der Waals surface area contributed by atoms with Gasteiger partial charge in [-0.25, -0.2) is 0 Å². The highest BCUT2D eigenvalue weighted by molar-refractivity contribution is 6.30. The molecule has 0 aromatic heterocycles. The first-order valence-electron chi connectivity index (χ1n) is 7.63. The SMILES string of the molecule is CCN1C(C)c2ccccc2C1(C)c1cc(Cl)ccc1C. The van der Waals surface area contributed by atoms with Gasteiger partial charge in [0.15, 0.2) is 0 Å². The lowest BCUT2D eigenvalue weighted by atomic mass is 9.82. The summed E-state index contributed by atoms with van der Waals surface area (Å²) in [5.74, 6) is 0. The van der Waals surface area contributed by atoms with Gasteiger partial charge >= 0.3 is 0 Å². The average molecular weight is 300 g/mol. The molecule has 0 N–H and O–H groups in total. The fourth-order valence-electron chi connectivity index (χ4n) is 4.02. The molecule has 1 nitrogen and oxygen atoms in total. The maximum atomic E-state index is 6.29. The molecule has 0 spiro atoms. The van der Waals surface area contributed by atoms with E-state index in [0.717, 1.165) is 11.6 Å². The molecule has 1 aliphatic heterocycles. The predicted molar refractivity (Wildman–Crippen MR) is 89.9 cm³/mol. The summed E-state index contributed by atoms with van der Waals surface area (Å²) in [6.07, 6.45) is 0. The molecule has 2 heteroatoms. The van der Waals surface area contributed by atoms with E-state index in [2.05, 4.69) is 69.0 Å². The van der Waals surface area contributed by atoms with Gasteiger partial charge in [-0.1, -0.05) is 48.9 Å². The molecule has 2 unspecified atom stereocenters. The van der Waals surface area contributed by atoms with Gasteiger partial charge in [-0.3, -0.25) is 4.90 Å². The zero-order valence-electron chi connectivity index (χ0n) is 13.2. The Morgan fingerprint density at radius 2 is 1.86 bits per heavy atom. The summed E-state index contributed by atoms with van der Waals surface area (Å²) >= 11 is 6.29.